The number of sulfone groups is 1. The highest BCUT2D eigenvalue weighted by Crippen LogP contribution is 2.41. The second-order valence-electron chi connectivity index (χ2n) is 5.67. The Morgan fingerprint density at radius 2 is 2.05 bits per heavy atom. The molecule has 1 aromatic rings. The van der Waals surface area contributed by atoms with Crippen LogP contribution in [0.3, 0.4) is 0 Å². The first kappa shape index (κ1) is 14.7. The maximum absolute atomic E-state index is 11.5. The monoisotopic (exact) mass is 298 g/mol. The van der Waals surface area contributed by atoms with Crippen LogP contribution in [-0.4, -0.2) is 36.1 Å². The smallest absolute Gasteiger partial charge is 0.254 e. The lowest BCUT2D eigenvalue weighted by atomic mass is 9.98. The quantitative estimate of drug-likeness (QED) is 0.768. The summed E-state index contributed by atoms with van der Waals surface area (Å²) in [6.45, 7) is 3.97. The zero-order valence-electron chi connectivity index (χ0n) is 11.7. The van der Waals surface area contributed by atoms with Gasteiger partial charge in [0.2, 0.25) is 15.0 Å². The molecule has 1 aliphatic rings. The Morgan fingerprint density at radius 1 is 1.45 bits per heavy atom. The van der Waals surface area contributed by atoms with Crippen molar-refractivity contribution in [3.05, 3.63) is 11.8 Å². The van der Waals surface area contributed by atoms with E-state index in [1.54, 1.807) is 0 Å². The van der Waals surface area contributed by atoms with E-state index < -0.39 is 15.7 Å². The molecule has 8 heteroatoms. The van der Waals surface area contributed by atoms with Crippen LogP contribution in [-0.2, 0) is 9.84 Å². The van der Waals surface area contributed by atoms with Gasteiger partial charge in [-0.05, 0) is 32.6 Å². The largest absolute Gasteiger partial charge is 0.365 e. The van der Waals surface area contributed by atoms with Gasteiger partial charge in [0.1, 0.15) is 5.82 Å². The highest BCUT2D eigenvalue weighted by Gasteiger charge is 2.38. The third-order valence-corrected chi connectivity index (χ3v) is 4.26. The molecule has 0 unspecified atom stereocenters. The van der Waals surface area contributed by atoms with Crippen molar-refractivity contribution in [1.29, 1.82) is 0 Å². The molecule has 1 aliphatic carbocycles. The van der Waals surface area contributed by atoms with Crippen LogP contribution in [0.2, 0.25) is 0 Å². The minimum atomic E-state index is -3.54. The van der Waals surface area contributed by atoms with E-state index in [1.165, 1.54) is 0 Å². The Hall–Kier alpha value is -1.70. The first-order chi connectivity index (χ1) is 9.11. The number of aromatic nitrogens is 2. The van der Waals surface area contributed by atoms with Crippen LogP contribution < -0.4 is 11.1 Å². The Balaban J connectivity index is 2.44. The molecule has 1 amide bonds. The summed E-state index contributed by atoms with van der Waals surface area (Å²) in [6, 6.07) is 0. The van der Waals surface area contributed by atoms with E-state index in [9.17, 15) is 13.2 Å². The molecule has 1 aromatic heterocycles. The fourth-order valence-corrected chi connectivity index (χ4v) is 2.53. The van der Waals surface area contributed by atoms with Gasteiger partial charge < -0.3 is 11.1 Å². The minimum Gasteiger partial charge on any atom is -0.365 e. The van der Waals surface area contributed by atoms with Crippen LogP contribution in [0, 0.1) is 5.92 Å². The number of rotatable bonds is 5. The Kier molecular flexibility index (Phi) is 3.45. The van der Waals surface area contributed by atoms with Crippen molar-refractivity contribution in [2.75, 3.05) is 11.6 Å². The summed E-state index contributed by atoms with van der Waals surface area (Å²) in [7, 11) is -3.54. The number of carbonyl (C=O) groups is 1. The zero-order valence-corrected chi connectivity index (χ0v) is 12.5. The fraction of sp³-hybridized carbons (Fsp3) is 0.583. The van der Waals surface area contributed by atoms with Crippen molar-refractivity contribution in [1.82, 2.24) is 9.97 Å². The van der Waals surface area contributed by atoms with Crippen LogP contribution in [0.15, 0.2) is 11.4 Å². The number of nitrogens with one attached hydrogen (secondary N) is 1. The van der Waals surface area contributed by atoms with Crippen molar-refractivity contribution >= 4 is 21.6 Å². The fourth-order valence-electron chi connectivity index (χ4n) is 2.03. The van der Waals surface area contributed by atoms with Crippen LogP contribution >= 0.6 is 0 Å². The molecular weight excluding hydrogens is 280 g/mol. The first-order valence-corrected chi connectivity index (χ1v) is 8.15. The lowest BCUT2D eigenvalue weighted by Gasteiger charge is -2.27. The number of amides is 1. The lowest BCUT2D eigenvalue weighted by Crippen LogP contribution is -2.35. The van der Waals surface area contributed by atoms with Crippen molar-refractivity contribution in [3.8, 4) is 0 Å². The van der Waals surface area contributed by atoms with Gasteiger partial charge in [-0.15, -0.1) is 0 Å². The minimum absolute atomic E-state index is 0.0890. The van der Waals surface area contributed by atoms with Gasteiger partial charge in [-0.1, -0.05) is 0 Å². The van der Waals surface area contributed by atoms with E-state index in [4.69, 9.17) is 5.73 Å². The van der Waals surface area contributed by atoms with Gasteiger partial charge in [-0.2, -0.15) is 0 Å². The van der Waals surface area contributed by atoms with Gasteiger partial charge in [0.15, 0.2) is 0 Å². The third kappa shape index (κ3) is 3.06. The number of primary amides is 1. The Labute approximate surface area is 117 Å². The van der Waals surface area contributed by atoms with Gasteiger partial charge in [0, 0.05) is 18.0 Å². The molecule has 20 heavy (non-hydrogen) atoms. The Morgan fingerprint density at radius 3 is 2.50 bits per heavy atom. The van der Waals surface area contributed by atoms with Crippen molar-refractivity contribution in [2.24, 2.45) is 11.7 Å². The maximum Gasteiger partial charge on any atom is 0.254 e. The summed E-state index contributed by atoms with van der Waals surface area (Å²) < 4.78 is 23.0. The van der Waals surface area contributed by atoms with Crippen LogP contribution in [0.5, 0.6) is 0 Å². The van der Waals surface area contributed by atoms with Gasteiger partial charge in [-0.25, -0.2) is 18.4 Å². The molecular formula is C12H18N4O3S. The normalized spacial score (nSPS) is 15.9. The number of hydrogen-bond donors (Lipinski definition) is 2. The topological polar surface area (TPSA) is 115 Å². The molecule has 1 fully saturated rings. The molecule has 0 bridgehead atoms. The number of nitrogens with zero attached hydrogens (tertiary/aromatic N) is 2. The lowest BCUT2D eigenvalue weighted by molar-refractivity contribution is 0.1000. The van der Waals surface area contributed by atoms with Gasteiger partial charge >= 0.3 is 0 Å². The van der Waals surface area contributed by atoms with Gasteiger partial charge in [0.05, 0.1) is 5.56 Å². The summed E-state index contributed by atoms with van der Waals surface area (Å²) in [5, 5.41) is 2.80. The third-order valence-electron chi connectivity index (χ3n) is 3.40. The zero-order chi connectivity index (χ0) is 15.1. The summed E-state index contributed by atoms with van der Waals surface area (Å²) in [4.78, 5) is 19.0. The van der Waals surface area contributed by atoms with Crippen molar-refractivity contribution in [2.45, 2.75) is 37.4 Å². The van der Waals surface area contributed by atoms with Gasteiger partial charge in [0.25, 0.3) is 5.91 Å². The molecule has 7 nitrogen and oxygen atoms in total. The molecule has 2 rings (SSSR count). The molecule has 0 aromatic carbocycles. The number of nitrogens with two attached hydrogens (primary N) is 1. The van der Waals surface area contributed by atoms with E-state index in [2.05, 4.69) is 15.3 Å². The SMILES string of the molecule is CC(C)(Nc1nc(S(C)(=O)=O)ncc1C(N)=O)C1CC1. The highest BCUT2D eigenvalue weighted by molar-refractivity contribution is 7.90. The molecule has 110 valence electrons. The van der Waals surface area contributed by atoms with Crippen LogP contribution in [0.4, 0.5) is 5.82 Å². The Bertz CT molecular complexity index is 651. The van der Waals surface area contributed by atoms with E-state index in [0.717, 1.165) is 25.3 Å². The average molecular weight is 298 g/mol. The number of anilines is 1. The predicted octanol–water partition coefficient (Wildman–Crippen LogP) is 0.579. The summed E-state index contributed by atoms with van der Waals surface area (Å²) in [5.74, 6) is -0.0520. The first-order valence-electron chi connectivity index (χ1n) is 6.26. The summed E-state index contributed by atoms with van der Waals surface area (Å²) in [6.07, 6.45) is 4.35. The van der Waals surface area contributed by atoms with E-state index in [-0.39, 0.29) is 22.1 Å². The van der Waals surface area contributed by atoms with E-state index in [0.29, 0.717) is 5.92 Å². The maximum atomic E-state index is 11.5. The standard InChI is InChI=1S/C12H18N4O3S/c1-12(2,7-4-5-7)16-10-8(9(13)17)6-14-11(15-10)20(3,18)19/h6-7H,4-5H2,1-3H3,(H2,13,17)(H,14,15,16). The predicted molar refractivity (Wildman–Crippen MR) is 74.1 cm³/mol. The molecule has 0 aliphatic heterocycles. The molecule has 3 N–H and O–H groups in total. The van der Waals surface area contributed by atoms with E-state index >= 15 is 0 Å². The average Bonchev–Trinajstić information content (AvgIpc) is 3.10. The second-order valence-corrected chi connectivity index (χ2v) is 7.58. The van der Waals surface area contributed by atoms with Crippen LogP contribution in [0.25, 0.3) is 0 Å². The second kappa shape index (κ2) is 4.69. The highest BCUT2D eigenvalue weighted by atomic mass is 32.2. The van der Waals surface area contributed by atoms with Crippen molar-refractivity contribution < 1.29 is 13.2 Å². The molecule has 0 spiro atoms. The van der Waals surface area contributed by atoms with Crippen LogP contribution in [0.1, 0.15) is 37.0 Å². The molecule has 1 saturated carbocycles. The molecule has 0 atom stereocenters. The molecule has 1 heterocycles. The summed E-state index contributed by atoms with van der Waals surface area (Å²) in [5.41, 5.74) is 5.08. The summed E-state index contributed by atoms with van der Waals surface area (Å²) >= 11 is 0. The van der Waals surface area contributed by atoms with E-state index in [1.807, 2.05) is 13.8 Å². The molecule has 0 saturated heterocycles. The molecule has 0 radical (unpaired) electrons. The van der Waals surface area contributed by atoms with Crippen molar-refractivity contribution in [3.63, 3.8) is 0 Å². The number of hydrogen-bond acceptors (Lipinski definition) is 6. The van der Waals surface area contributed by atoms with Gasteiger partial charge in [-0.3, -0.25) is 4.79 Å². The number of carbonyl (C=O) groups excluding carboxylic acids is 1.